The van der Waals surface area contributed by atoms with E-state index in [2.05, 4.69) is 10.3 Å². The average molecular weight is 268 g/mol. The Morgan fingerprint density at radius 2 is 2.44 bits per heavy atom. The Bertz CT molecular complexity index is 401. The number of amides is 1. The SMILES string of the molecule is CCOCCC(=O)N[C@H](c1nc(C)cs1)C1CC1. The van der Waals surface area contributed by atoms with E-state index in [9.17, 15) is 4.79 Å². The molecule has 1 aromatic heterocycles. The van der Waals surface area contributed by atoms with Crippen molar-refractivity contribution < 1.29 is 9.53 Å². The number of hydrogen-bond donors (Lipinski definition) is 1. The highest BCUT2D eigenvalue weighted by Crippen LogP contribution is 2.41. The minimum Gasteiger partial charge on any atom is -0.381 e. The molecule has 1 aliphatic rings. The highest BCUT2D eigenvalue weighted by molar-refractivity contribution is 7.09. The molecule has 4 nitrogen and oxygen atoms in total. The second kappa shape index (κ2) is 6.29. The van der Waals surface area contributed by atoms with Gasteiger partial charge in [-0.25, -0.2) is 4.98 Å². The number of hydrogen-bond acceptors (Lipinski definition) is 4. The second-order valence-electron chi connectivity index (χ2n) is 4.66. The first-order chi connectivity index (χ1) is 8.70. The molecule has 0 bridgehead atoms. The molecule has 18 heavy (non-hydrogen) atoms. The predicted molar refractivity (Wildman–Crippen MR) is 71.6 cm³/mol. The topological polar surface area (TPSA) is 51.2 Å². The van der Waals surface area contributed by atoms with Crippen molar-refractivity contribution in [2.45, 2.75) is 39.2 Å². The van der Waals surface area contributed by atoms with Crippen LogP contribution < -0.4 is 5.32 Å². The molecule has 0 unspecified atom stereocenters. The number of aryl methyl sites for hydroxylation is 1. The third kappa shape index (κ3) is 3.78. The van der Waals surface area contributed by atoms with Crippen molar-refractivity contribution in [3.63, 3.8) is 0 Å². The third-order valence-electron chi connectivity index (χ3n) is 2.99. The molecule has 0 spiro atoms. The van der Waals surface area contributed by atoms with Crippen molar-refractivity contribution in [2.75, 3.05) is 13.2 Å². The normalized spacial score (nSPS) is 16.6. The molecule has 2 rings (SSSR count). The Labute approximate surface area is 112 Å². The van der Waals surface area contributed by atoms with Gasteiger partial charge >= 0.3 is 0 Å². The molecule has 0 radical (unpaired) electrons. The number of rotatable bonds is 7. The van der Waals surface area contributed by atoms with Crippen LogP contribution in [-0.4, -0.2) is 24.1 Å². The standard InChI is InChI=1S/C13H20N2O2S/c1-3-17-7-6-11(16)15-12(10-4-5-10)13-14-9(2)8-18-13/h8,10,12H,3-7H2,1-2H3,(H,15,16)/t12-/m0/s1. The lowest BCUT2D eigenvalue weighted by molar-refractivity contribution is -0.123. The summed E-state index contributed by atoms with van der Waals surface area (Å²) in [5, 5.41) is 6.18. The largest absolute Gasteiger partial charge is 0.381 e. The number of nitrogens with one attached hydrogen (secondary N) is 1. The maximum atomic E-state index is 11.8. The van der Waals surface area contributed by atoms with Gasteiger partial charge in [-0.3, -0.25) is 4.79 Å². The fraction of sp³-hybridized carbons (Fsp3) is 0.692. The van der Waals surface area contributed by atoms with Crippen molar-refractivity contribution in [1.82, 2.24) is 10.3 Å². The molecular weight excluding hydrogens is 248 g/mol. The van der Waals surface area contributed by atoms with Crippen LogP contribution in [0.4, 0.5) is 0 Å². The number of carbonyl (C=O) groups is 1. The fourth-order valence-corrected chi connectivity index (χ4v) is 2.82. The van der Waals surface area contributed by atoms with Crippen LogP contribution >= 0.6 is 11.3 Å². The zero-order chi connectivity index (χ0) is 13.0. The first-order valence-corrected chi connectivity index (χ1v) is 7.37. The Hall–Kier alpha value is -0.940. The molecule has 5 heteroatoms. The lowest BCUT2D eigenvalue weighted by Crippen LogP contribution is -2.30. The molecular formula is C13H20N2O2S. The van der Waals surface area contributed by atoms with E-state index in [0.29, 0.717) is 25.6 Å². The van der Waals surface area contributed by atoms with E-state index in [0.717, 1.165) is 10.7 Å². The molecule has 1 aromatic rings. The van der Waals surface area contributed by atoms with Crippen LogP contribution in [0.25, 0.3) is 0 Å². The summed E-state index contributed by atoms with van der Waals surface area (Å²) in [6.45, 7) is 5.08. The molecule has 0 aliphatic heterocycles. The van der Waals surface area contributed by atoms with E-state index in [4.69, 9.17) is 4.74 Å². The summed E-state index contributed by atoms with van der Waals surface area (Å²) >= 11 is 1.64. The minimum atomic E-state index is 0.0632. The van der Waals surface area contributed by atoms with Crippen LogP contribution in [0, 0.1) is 12.8 Å². The zero-order valence-electron chi connectivity index (χ0n) is 10.9. The zero-order valence-corrected chi connectivity index (χ0v) is 11.8. The first kappa shape index (κ1) is 13.5. The van der Waals surface area contributed by atoms with Gasteiger partial charge in [-0.2, -0.15) is 0 Å². The van der Waals surface area contributed by atoms with E-state index in [1.165, 1.54) is 12.8 Å². The van der Waals surface area contributed by atoms with Gasteiger partial charge < -0.3 is 10.1 Å². The molecule has 1 atom stereocenters. The van der Waals surface area contributed by atoms with Crippen LogP contribution in [-0.2, 0) is 9.53 Å². The van der Waals surface area contributed by atoms with E-state index >= 15 is 0 Å². The maximum Gasteiger partial charge on any atom is 0.222 e. The lowest BCUT2D eigenvalue weighted by Gasteiger charge is -2.15. The van der Waals surface area contributed by atoms with Crippen molar-refractivity contribution in [3.8, 4) is 0 Å². The van der Waals surface area contributed by atoms with Gasteiger partial charge in [0.25, 0.3) is 0 Å². The van der Waals surface area contributed by atoms with Gasteiger partial charge in [0.1, 0.15) is 5.01 Å². The minimum absolute atomic E-state index is 0.0632. The van der Waals surface area contributed by atoms with Crippen molar-refractivity contribution in [2.24, 2.45) is 5.92 Å². The lowest BCUT2D eigenvalue weighted by atomic mass is 10.2. The number of nitrogens with zero attached hydrogens (tertiary/aromatic N) is 1. The summed E-state index contributed by atoms with van der Waals surface area (Å²) in [5.74, 6) is 0.639. The molecule has 0 aromatic carbocycles. The van der Waals surface area contributed by atoms with Gasteiger partial charge in [-0.05, 0) is 32.6 Å². The number of carbonyl (C=O) groups excluding carboxylic acids is 1. The Balaban J connectivity index is 1.89. The molecule has 1 amide bonds. The Kier molecular flexibility index (Phi) is 4.72. The molecule has 1 heterocycles. The summed E-state index contributed by atoms with van der Waals surface area (Å²) in [5.41, 5.74) is 1.03. The van der Waals surface area contributed by atoms with Gasteiger partial charge in [0.05, 0.1) is 12.6 Å². The smallest absolute Gasteiger partial charge is 0.222 e. The van der Waals surface area contributed by atoms with Crippen molar-refractivity contribution in [1.29, 1.82) is 0 Å². The highest BCUT2D eigenvalue weighted by Gasteiger charge is 2.35. The van der Waals surface area contributed by atoms with Gasteiger partial charge in [0.2, 0.25) is 5.91 Å². The van der Waals surface area contributed by atoms with E-state index in [-0.39, 0.29) is 11.9 Å². The van der Waals surface area contributed by atoms with Crippen molar-refractivity contribution >= 4 is 17.2 Å². The quantitative estimate of drug-likeness (QED) is 0.773. The van der Waals surface area contributed by atoms with Crippen LogP contribution in [0.1, 0.15) is 42.9 Å². The van der Waals surface area contributed by atoms with Crippen LogP contribution in [0.2, 0.25) is 0 Å². The summed E-state index contributed by atoms with van der Waals surface area (Å²) in [6.07, 6.45) is 2.81. The molecule has 1 fully saturated rings. The monoisotopic (exact) mass is 268 g/mol. The van der Waals surface area contributed by atoms with Crippen LogP contribution in [0.15, 0.2) is 5.38 Å². The fourth-order valence-electron chi connectivity index (χ4n) is 1.88. The maximum absolute atomic E-state index is 11.8. The molecule has 0 saturated heterocycles. The Morgan fingerprint density at radius 1 is 1.67 bits per heavy atom. The molecule has 100 valence electrons. The first-order valence-electron chi connectivity index (χ1n) is 6.50. The number of thiazole rings is 1. The Morgan fingerprint density at radius 3 is 3.00 bits per heavy atom. The van der Waals surface area contributed by atoms with Crippen LogP contribution in [0.3, 0.4) is 0 Å². The van der Waals surface area contributed by atoms with Gasteiger partial charge in [0, 0.05) is 24.1 Å². The number of aromatic nitrogens is 1. The summed E-state index contributed by atoms with van der Waals surface area (Å²) in [7, 11) is 0. The van der Waals surface area contributed by atoms with Crippen LogP contribution in [0.5, 0.6) is 0 Å². The molecule has 1 saturated carbocycles. The van der Waals surface area contributed by atoms with E-state index in [1.54, 1.807) is 11.3 Å². The van der Waals surface area contributed by atoms with E-state index in [1.807, 2.05) is 19.2 Å². The van der Waals surface area contributed by atoms with Crippen molar-refractivity contribution in [3.05, 3.63) is 16.1 Å². The molecule has 1 aliphatic carbocycles. The van der Waals surface area contributed by atoms with E-state index < -0.39 is 0 Å². The molecule has 1 N–H and O–H groups in total. The summed E-state index contributed by atoms with van der Waals surface area (Å²) < 4.78 is 5.20. The van der Waals surface area contributed by atoms with Gasteiger partial charge in [0.15, 0.2) is 0 Å². The average Bonchev–Trinajstić information content (AvgIpc) is 3.09. The number of ether oxygens (including phenoxy) is 1. The highest BCUT2D eigenvalue weighted by atomic mass is 32.1. The predicted octanol–water partition coefficient (Wildman–Crippen LogP) is 2.45. The van der Waals surface area contributed by atoms with Gasteiger partial charge in [-0.1, -0.05) is 0 Å². The second-order valence-corrected chi connectivity index (χ2v) is 5.55. The third-order valence-corrected chi connectivity index (χ3v) is 4.04. The summed E-state index contributed by atoms with van der Waals surface area (Å²) in [6, 6.07) is 0.109. The van der Waals surface area contributed by atoms with Gasteiger partial charge in [-0.15, -0.1) is 11.3 Å². The summed E-state index contributed by atoms with van der Waals surface area (Å²) in [4.78, 5) is 16.3.